The number of hydrogen-bond acceptors (Lipinski definition) is 5. The van der Waals surface area contributed by atoms with Gasteiger partial charge in [-0.05, 0) is 24.8 Å². The van der Waals surface area contributed by atoms with E-state index >= 15 is 0 Å². The normalized spacial score (nSPS) is 22.8. The van der Waals surface area contributed by atoms with Gasteiger partial charge in [0.05, 0.1) is 9.82 Å². The lowest BCUT2D eigenvalue weighted by Gasteiger charge is -2.38. The van der Waals surface area contributed by atoms with E-state index in [1.807, 2.05) is 6.92 Å². The minimum Gasteiger partial charge on any atom is -0.329 e. The summed E-state index contributed by atoms with van der Waals surface area (Å²) < 4.78 is 26.8. The summed E-state index contributed by atoms with van der Waals surface area (Å²) in [4.78, 5) is 10.2. The van der Waals surface area contributed by atoms with E-state index < -0.39 is 14.9 Å². The zero-order chi connectivity index (χ0) is 15.6. The van der Waals surface area contributed by atoms with Crippen molar-refractivity contribution in [3.8, 4) is 0 Å². The van der Waals surface area contributed by atoms with Crippen molar-refractivity contribution in [2.45, 2.75) is 30.7 Å². The van der Waals surface area contributed by atoms with Gasteiger partial charge in [0.2, 0.25) is 10.0 Å². The Morgan fingerprint density at radius 2 is 2.14 bits per heavy atom. The van der Waals surface area contributed by atoms with Crippen LogP contribution < -0.4 is 5.73 Å². The van der Waals surface area contributed by atoms with Crippen LogP contribution in [0, 0.1) is 16.0 Å². The fourth-order valence-corrected chi connectivity index (χ4v) is 4.56. The summed E-state index contributed by atoms with van der Waals surface area (Å²) in [6.45, 7) is 2.62. The number of hydrogen-bond donors (Lipinski definition) is 1. The lowest BCUT2D eigenvalue weighted by atomic mass is 9.93. The van der Waals surface area contributed by atoms with E-state index in [-0.39, 0.29) is 41.5 Å². The van der Waals surface area contributed by atoms with Gasteiger partial charge in [0, 0.05) is 31.3 Å². The average molecular weight is 350 g/mol. The van der Waals surface area contributed by atoms with Crippen LogP contribution in [0.3, 0.4) is 0 Å². The summed E-state index contributed by atoms with van der Waals surface area (Å²) in [5.74, 6) is 0.178. The summed E-state index contributed by atoms with van der Waals surface area (Å²) >= 11 is 0. The maximum absolute atomic E-state index is 12.7. The molecule has 2 unspecified atom stereocenters. The van der Waals surface area contributed by atoms with Crippen LogP contribution in [-0.2, 0) is 10.0 Å². The molecule has 1 heterocycles. The summed E-state index contributed by atoms with van der Waals surface area (Å²) in [6.07, 6.45) is 1.70. The Hall–Kier alpha value is -1.22. The molecule has 1 aromatic carbocycles. The smallest absolute Gasteiger partial charge is 0.270 e. The van der Waals surface area contributed by atoms with E-state index in [2.05, 4.69) is 0 Å². The van der Waals surface area contributed by atoms with Crippen molar-refractivity contribution in [2.24, 2.45) is 11.7 Å². The monoisotopic (exact) mass is 349 g/mol. The molecule has 1 saturated heterocycles. The van der Waals surface area contributed by atoms with Gasteiger partial charge in [0.1, 0.15) is 0 Å². The second kappa shape index (κ2) is 7.36. The molecule has 0 bridgehead atoms. The van der Waals surface area contributed by atoms with Crippen LogP contribution in [0.25, 0.3) is 0 Å². The Balaban J connectivity index is 0.00000242. The molecule has 0 amide bonds. The molecule has 1 aromatic rings. The molecule has 2 atom stereocenters. The molecule has 1 aliphatic heterocycles. The van der Waals surface area contributed by atoms with E-state index in [9.17, 15) is 18.5 Å². The highest BCUT2D eigenvalue weighted by atomic mass is 35.5. The molecule has 0 saturated carbocycles. The third kappa shape index (κ3) is 3.57. The van der Waals surface area contributed by atoms with Gasteiger partial charge in [0.15, 0.2) is 0 Å². The highest BCUT2D eigenvalue weighted by Crippen LogP contribution is 2.29. The van der Waals surface area contributed by atoms with Gasteiger partial charge in [-0.25, -0.2) is 8.42 Å². The first-order chi connectivity index (χ1) is 9.87. The highest BCUT2D eigenvalue weighted by Gasteiger charge is 2.36. The van der Waals surface area contributed by atoms with Crippen LogP contribution in [0.1, 0.15) is 19.8 Å². The van der Waals surface area contributed by atoms with Gasteiger partial charge in [-0.3, -0.25) is 10.1 Å². The minimum atomic E-state index is -3.76. The Labute approximate surface area is 136 Å². The lowest BCUT2D eigenvalue weighted by Crippen LogP contribution is -2.51. The van der Waals surface area contributed by atoms with Crippen molar-refractivity contribution in [3.05, 3.63) is 34.4 Å². The number of piperidine rings is 1. The van der Waals surface area contributed by atoms with E-state index in [4.69, 9.17) is 5.73 Å². The van der Waals surface area contributed by atoms with Gasteiger partial charge in [-0.15, -0.1) is 12.4 Å². The highest BCUT2D eigenvalue weighted by molar-refractivity contribution is 7.89. The van der Waals surface area contributed by atoms with Crippen LogP contribution in [0.15, 0.2) is 29.2 Å². The molecule has 9 heteroatoms. The van der Waals surface area contributed by atoms with Crippen molar-refractivity contribution in [3.63, 3.8) is 0 Å². The number of nitrogens with zero attached hydrogens (tertiary/aromatic N) is 2. The van der Waals surface area contributed by atoms with Gasteiger partial charge in [0.25, 0.3) is 5.69 Å². The summed E-state index contributed by atoms with van der Waals surface area (Å²) in [5.41, 5.74) is 5.49. The molecule has 0 radical (unpaired) electrons. The molecule has 0 spiro atoms. The number of halogens is 1. The zero-order valence-electron chi connectivity index (χ0n) is 12.2. The molecule has 1 aliphatic rings. The molecule has 1 fully saturated rings. The van der Waals surface area contributed by atoms with Crippen LogP contribution in [0.4, 0.5) is 5.69 Å². The van der Waals surface area contributed by atoms with Gasteiger partial charge >= 0.3 is 0 Å². The maximum atomic E-state index is 12.7. The van der Waals surface area contributed by atoms with E-state index in [1.165, 1.54) is 22.5 Å². The summed E-state index contributed by atoms with van der Waals surface area (Å²) in [6, 6.07) is 4.88. The standard InChI is InChI=1S/C13H19N3O4S.ClH/c1-10-4-3-7-15(13(10)9-14)21(19,20)12-6-2-5-11(8-12)16(17)18;/h2,5-6,8,10,13H,3-4,7,9,14H2,1H3;1H. The maximum Gasteiger partial charge on any atom is 0.270 e. The van der Waals surface area contributed by atoms with E-state index in [0.717, 1.165) is 18.9 Å². The second-order valence-corrected chi connectivity index (χ2v) is 7.18. The lowest BCUT2D eigenvalue weighted by molar-refractivity contribution is -0.385. The predicted molar refractivity (Wildman–Crippen MR) is 85.5 cm³/mol. The Kier molecular flexibility index (Phi) is 6.30. The summed E-state index contributed by atoms with van der Waals surface area (Å²) in [7, 11) is -3.76. The molecule has 2 N–H and O–H groups in total. The molecular weight excluding hydrogens is 330 g/mol. The van der Waals surface area contributed by atoms with Gasteiger partial charge in [-0.2, -0.15) is 4.31 Å². The second-order valence-electron chi connectivity index (χ2n) is 5.29. The molecular formula is C13H20ClN3O4S. The fourth-order valence-electron chi connectivity index (χ4n) is 2.75. The molecule has 2 rings (SSSR count). The van der Waals surface area contributed by atoms with Crippen LogP contribution >= 0.6 is 12.4 Å². The third-order valence-electron chi connectivity index (χ3n) is 3.94. The first-order valence-electron chi connectivity index (χ1n) is 6.84. The summed E-state index contributed by atoms with van der Waals surface area (Å²) in [5, 5.41) is 10.8. The first-order valence-corrected chi connectivity index (χ1v) is 8.28. The van der Waals surface area contributed by atoms with Crippen molar-refractivity contribution in [1.82, 2.24) is 4.31 Å². The molecule has 0 aliphatic carbocycles. The van der Waals surface area contributed by atoms with Crippen LogP contribution in [0.2, 0.25) is 0 Å². The molecule has 22 heavy (non-hydrogen) atoms. The average Bonchev–Trinajstić information content (AvgIpc) is 2.47. The van der Waals surface area contributed by atoms with Gasteiger partial charge in [-0.1, -0.05) is 13.0 Å². The molecule has 124 valence electrons. The van der Waals surface area contributed by atoms with E-state index in [1.54, 1.807) is 0 Å². The number of sulfonamides is 1. The van der Waals surface area contributed by atoms with Crippen molar-refractivity contribution >= 4 is 28.1 Å². The number of non-ortho nitro benzene ring substituents is 1. The van der Waals surface area contributed by atoms with Crippen molar-refractivity contribution in [1.29, 1.82) is 0 Å². The number of benzene rings is 1. The molecule has 0 aromatic heterocycles. The quantitative estimate of drug-likeness (QED) is 0.658. The third-order valence-corrected chi connectivity index (χ3v) is 5.86. The predicted octanol–water partition coefficient (Wildman–Crippen LogP) is 1.76. The largest absolute Gasteiger partial charge is 0.329 e. The number of nitro groups is 1. The van der Waals surface area contributed by atoms with Crippen molar-refractivity contribution < 1.29 is 13.3 Å². The minimum absolute atomic E-state index is 0. The van der Waals surface area contributed by atoms with Gasteiger partial charge < -0.3 is 5.73 Å². The SMILES string of the molecule is CC1CCCN(S(=O)(=O)c2cccc([N+](=O)[O-])c2)C1CN.Cl. The zero-order valence-corrected chi connectivity index (χ0v) is 13.8. The van der Waals surface area contributed by atoms with Crippen LogP contribution in [0.5, 0.6) is 0 Å². The molecule has 7 nitrogen and oxygen atoms in total. The van der Waals surface area contributed by atoms with Crippen LogP contribution in [-0.4, -0.2) is 36.8 Å². The first kappa shape index (κ1) is 18.8. The number of rotatable bonds is 4. The number of nitro benzene ring substituents is 1. The van der Waals surface area contributed by atoms with Crippen molar-refractivity contribution in [2.75, 3.05) is 13.1 Å². The topological polar surface area (TPSA) is 107 Å². The Morgan fingerprint density at radius 3 is 2.73 bits per heavy atom. The Morgan fingerprint density at radius 1 is 1.45 bits per heavy atom. The number of nitrogens with two attached hydrogens (primary N) is 1. The Bertz CT molecular complexity index is 638. The van der Waals surface area contributed by atoms with E-state index in [0.29, 0.717) is 6.54 Å². The fraction of sp³-hybridized carbons (Fsp3) is 0.538.